The minimum atomic E-state index is -0.328. The molecule has 2 heterocycles. The molecule has 2 aromatic heterocycles. The molecule has 0 spiro atoms. The molecular weight excluding hydrogens is 270 g/mol. The third-order valence-corrected chi connectivity index (χ3v) is 3.13. The predicted molar refractivity (Wildman–Crippen MR) is 76.3 cm³/mol. The summed E-state index contributed by atoms with van der Waals surface area (Å²) >= 11 is 0. The highest BCUT2D eigenvalue weighted by molar-refractivity contribution is 5.74. The SMILES string of the molecule is O=C(CCCCCCn1cc(-c2ccccn2)nn1)NO. The molecule has 2 rings (SSSR count). The summed E-state index contributed by atoms with van der Waals surface area (Å²) in [4.78, 5) is 15.0. The minimum absolute atomic E-state index is 0.328. The maximum absolute atomic E-state index is 10.8. The number of unbranched alkanes of at least 4 members (excludes halogenated alkanes) is 3. The third kappa shape index (κ3) is 4.96. The average Bonchev–Trinajstić information content (AvgIpc) is 3.00. The van der Waals surface area contributed by atoms with Crippen LogP contribution in [-0.4, -0.2) is 31.1 Å². The highest BCUT2D eigenvalue weighted by Crippen LogP contribution is 2.12. The minimum Gasteiger partial charge on any atom is -0.289 e. The Morgan fingerprint density at radius 3 is 2.81 bits per heavy atom. The first-order chi connectivity index (χ1) is 10.3. The molecule has 0 atom stereocenters. The first kappa shape index (κ1) is 15.1. The number of nitrogens with one attached hydrogen (secondary N) is 1. The van der Waals surface area contributed by atoms with E-state index in [1.807, 2.05) is 29.1 Å². The molecule has 0 fully saturated rings. The normalized spacial score (nSPS) is 10.5. The summed E-state index contributed by atoms with van der Waals surface area (Å²) in [7, 11) is 0. The largest absolute Gasteiger partial charge is 0.289 e. The van der Waals surface area contributed by atoms with Gasteiger partial charge >= 0.3 is 0 Å². The molecule has 1 amide bonds. The summed E-state index contributed by atoms with van der Waals surface area (Å²) in [5.41, 5.74) is 3.22. The molecule has 0 aliphatic rings. The number of hydrogen-bond donors (Lipinski definition) is 2. The van der Waals surface area contributed by atoms with Crippen molar-refractivity contribution in [1.82, 2.24) is 25.5 Å². The van der Waals surface area contributed by atoms with Gasteiger partial charge in [0.25, 0.3) is 0 Å². The zero-order valence-corrected chi connectivity index (χ0v) is 11.8. The van der Waals surface area contributed by atoms with Crippen LogP contribution in [0.5, 0.6) is 0 Å². The summed E-state index contributed by atoms with van der Waals surface area (Å²) in [5, 5.41) is 16.5. The maximum atomic E-state index is 10.8. The van der Waals surface area contributed by atoms with Gasteiger partial charge in [-0.15, -0.1) is 5.10 Å². The van der Waals surface area contributed by atoms with Gasteiger partial charge in [0.1, 0.15) is 5.69 Å². The Labute approximate surface area is 123 Å². The van der Waals surface area contributed by atoms with Crippen molar-refractivity contribution in [2.24, 2.45) is 0 Å². The molecular formula is C14H19N5O2. The Morgan fingerprint density at radius 1 is 1.19 bits per heavy atom. The molecule has 0 aliphatic heterocycles. The van der Waals surface area contributed by atoms with Crippen LogP contribution < -0.4 is 5.48 Å². The number of aromatic nitrogens is 4. The van der Waals surface area contributed by atoms with E-state index in [2.05, 4.69) is 15.3 Å². The molecule has 2 aromatic rings. The van der Waals surface area contributed by atoms with Crippen molar-refractivity contribution < 1.29 is 10.0 Å². The van der Waals surface area contributed by atoms with E-state index in [9.17, 15) is 4.79 Å². The van der Waals surface area contributed by atoms with Crippen molar-refractivity contribution in [1.29, 1.82) is 0 Å². The number of amides is 1. The molecule has 0 aliphatic carbocycles. The van der Waals surface area contributed by atoms with Crippen LogP contribution in [-0.2, 0) is 11.3 Å². The number of nitrogens with zero attached hydrogens (tertiary/aromatic N) is 4. The van der Waals surface area contributed by atoms with Gasteiger partial charge in [0.15, 0.2) is 0 Å². The molecule has 2 N–H and O–H groups in total. The summed E-state index contributed by atoms with van der Waals surface area (Å²) in [6.45, 7) is 0.798. The Balaban J connectivity index is 1.68. The number of rotatable bonds is 8. The van der Waals surface area contributed by atoms with Gasteiger partial charge in [-0.1, -0.05) is 24.1 Å². The fraction of sp³-hybridized carbons (Fsp3) is 0.429. The van der Waals surface area contributed by atoms with Gasteiger partial charge in [-0.2, -0.15) is 0 Å². The quantitative estimate of drug-likeness (QED) is 0.439. The first-order valence-corrected chi connectivity index (χ1v) is 7.04. The lowest BCUT2D eigenvalue weighted by Gasteiger charge is -2.01. The number of carbonyl (C=O) groups excluding carboxylic acids is 1. The van der Waals surface area contributed by atoms with E-state index < -0.39 is 0 Å². The Kier molecular flexibility index (Phi) is 5.83. The predicted octanol–water partition coefficient (Wildman–Crippen LogP) is 1.80. The number of pyridine rings is 1. The Bertz CT molecular complexity index is 556. The van der Waals surface area contributed by atoms with Gasteiger partial charge in [0.05, 0.1) is 11.9 Å². The lowest BCUT2D eigenvalue weighted by molar-refractivity contribution is -0.129. The monoisotopic (exact) mass is 289 g/mol. The molecule has 0 saturated carbocycles. The molecule has 7 nitrogen and oxygen atoms in total. The fourth-order valence-corrected chi connectivity index (χ4v) is 2.01. The van der Waals surface area contributed by atoms with Gasteiger partial charge in [-0.05, 0) is 25.0 Å². The zero-order valence-electron chi connectivity index (χ0n) is 11.8. The molecule has 0 unspecified atom stereocenters. The van der Waals surface area contributed by atoms with E-state index in [4.69, 9.17) is 5.21 Å². The highest BCUT2D eigenvalue weighted by Gasteiger charge is 2.04. The molecule has 112 valence electrons. The summed E-state index contributed by atoms with van der Waals surface area (Å²) < 4.78 is 1.81. The van der Waals surface area contributed by atoms with Gasteiger partial charge in [0.2, 0.25) is 5.91 Å². The average molecular weight is 289 g/mol. The third-order valence-electron chi connectivity index (χ3n) is 3.13. The second-order valence-electron chi connectivity index (χ2n) is 4.78. The van der Waals surface area contributed by atoms with E-state index >= 15 is 0 Å². The zero-order chi connectivity index (χ0) is 14.9. The Morgan fingerprint density at radius 2 is 2.05 bits per heavy atom. The van der Waals surface area contributed by atoms with Crippen LogP contribution in [0.15, 0.2) is 30.6 Å². The molecule has 0 radical (unpaired) electrons. The van der Waals surface area contributed by atoms with Crippen LogP contribution in [0.3, 0.4) is 0 Å². The molecule has 0 saturated heterocycles. The van der Waals surface area contributed by atoms with Gasteiger partial charge in [-0.3, -0.25) is 19.7 Å². The van der Waals surface area contributed by atoms with Crippen molar-refractivity contribution in [3.63, 3.8) is 0 Å². The van der Waals surface area contributed by atoms with Crippen LogP contribution in [0.25, 0.3) is 11.4 Å². The second-order valence-corrected chi connectivity index (χ2v) is 4.78. The van der Waals surface area contributed by atoms with E-state index in [-0.39, 0.29) is 5.91 Å². The van der Waals surface area contributed by atoms with Crippen LogP contribution in [0, 0.1) is 0 Å². The molecule has 21 heavy (non-hydrogen) atoms. The number of hydrogen-bond acceptors (Lipinski definition) is 5. The number of aryl methyl sites for hydroxylation is 1. The number of carbonyl (C=O) groups is 1. The summed E-state index contributed by atoms with van der Waals surface area (Å²) in [6.07, 6.45) is 7.71. The lowest BCUT2D eigenvalue weighted by atomic mass is 10.1. The maximum Gasteiger partial charge on any atom is 0.243 e. The summed E-state index contributed by atoms with van der Waals surface area (Å²) in [5.74, 6) is -0.328. The van der Waals surface area contributed by atoms with Crippen LogP contribution in [0.1, 0.15) is 32.1 Å². The Hall–Kier alpha value is -2.28. The molecule has 7 heteroatoms. The summed E-state index contributed by atoms with van der Waals surface area (Å²) in [6, 6.07) is 5.69. The van der Waals surface area contributed by atoms with E-state index in [1.54, 1.807) is 11.7 Å². The van der Waals surface area contributed by atoms with E-state index in [0.717, 1.165) is 43.6 Å². The van der Waals surface area contributed by atoms with Crippen LogP contribution in [0.4, 0.5) is 0 Å². The molecule has 0 aromatic carbocycles. The van der Waals surface area contributed by atoms with Gasteiger partial charge < -0.3 is 0 Å². The van der Waals surface area contributed by atoms with Crippen molar-refractivity contribution in [2.45, 2.75) is 38.6 Å². The number of hydroxylamine groups is 1. The molecule has 0 bridgehead atoms. The topological polar surface area (TPSA) is 92.9 Å². The van der Waals surface area contributed by atoms with Crippen molar-refractivity contribution in [3.05, 3.63) is 30.6 Å². The standard InChI is InChI=1S/C14H19N5O2/c20-14(17-21)8-3-1-2-6-10-19-11-13(16-18-19)12-7-4-5-9-15-12/h4-5,7,9,11,21H,1-3,6,8,10H2,(H,17,20). The highest BCUT2D eigenvalue weighted by atomic mass is 16.5. The van der Waals surface area contributed by atoms with Crippen molar-refractivity contribution in [2.75, 3.05) is 0 Å². The van der Waals surface area contributed by atoms with E-state index in [0.29, 0.717) is 6.42 Å². The lowest BCUT2D eigenvalue weighted by Crippen LogP contribution is -2.17. The smallest absolute Gasteiger partial charge is 0.243 e. The van der Waals surface area contributed by atoms with Crippen molar-refractivity contribution in [3.8, 4) is 11.4 Å². The first-order valence-electron chi connectivity index (χ1n) is 7.04. The van der Waals surface area contributed by atoms with Crippen molar-refractivity contribution >= 4 is 5.91 Å². The van der Waals surface area contributed by atoms with Crippen LogP contribution >= 0.6 is 0 Å². The second kappa shape index (κ2) is 8.11. The van der Waals surface area contributed by atoms with Gasteiger partial charge in [0, 0.05) is 19.2 Å². The fourth-order valence-electron chi connectivity index (χ4n) is 2.01. The van der Waals surface area contributed by atoms with Gasteiger partial charge in [-0.25, -0.2) is 5.48 Å². The van der Waals surface area contributed by atoms with Crippen LogP contribution in [0.2, 0.25) is 0 Å². The van der Waals surface area contributed by atoms with E-state index in [1.165, 1.54) is 0 Å².